The highest BCUT2D eigenvalue weighted by Crippen LogP contribution is 2.47. The van der Waals surface area contributed by atoms with Gasteiger partial charge in [0, 0.05) is 6.20 Å². The zero-order chi connectivity index (χ0) is 26.5. The fourth-order valence-electron chi connectivity index (χ4n) is 5.13. The second-order valence-electron chi connectivity index (χ2n) is 10.2. The van der Waals surface area contributed by atoms with Crippen molar-refractivity contribution < 1.29 is 23.0 Å². The highest BCUT2D eigenvalue weighted by atomic mass is 19.3. The normalized spacial score (nSPS) is 14.9. The van der Waals surface area contributed by atoms with E-state index < -0.39 is 18.1 Å². The average Bonchev–Trinajstić information content (AvgIpc) is 3.23. The third-order valence-electron chi connectivity index (χ3n) is 6.88. The second kappa shape index (κ2) is 9.14. The summed E-state index contributed by atoms with van der Waals surface area (Å²) in [6, 6.07) is 14.1. The van der Waals surface area contributed by atoms with Crippen LogP contribution in [0.25, 0.3) is 17.0 Å². The minimum Gasteiger partial charge on any atom is -0.465 e. The minimum atomic E-state index is -3.01. The van der Waals surface area contributed by atoms with Crippen molar-refractivity contribution in [2.24, 2.45) is 5.41 Å². The van der Waals surface area contributed by atoms with Gasteiger partial charge >= 0.3 is 12.6 Å². The topological polar surface area (TPSA) is 74.8 Å². The largest absolute Gasteiger partial charge is 0.465 e. The van der Waals surface area contributed by atoms with Crippen LogP contribution >= 0.6 is 0 Å². The Labute approximate surface area is 212 Å². The van der Waals surface area contributed by atoms with Crippen LogP contribution in [-0.2, 0) is 17.7 Å². The summed E-state index contributed by atoms with van der Waals surface area (Å²) >= 11 is 0. The van der Waals surface area contributed by atoms with Gasteiger partial charge in [0.25, 0.3) is 5.56 Å². The van der Waals surface area contributed by atoms with E-state index in [4.69, 9.17) is 14.5 Å². The van der Waals surface area contributed by atoms with Crippen molar-refractivity contribution in [1.82, 2.24) is 14.0 Å². The van der Waals surface area contributed by atoms with Gasteiger partial charge in [0.05, 0.1) is 25.0 Å². The first-order chi connectivity index (χ1) is 17.6. The van der Waals surface area contributed by atoms with E-state index in [1.54, 1.807) is 27.3 Å². The Morgan fingerprint density at radius 3 is 2.54 bits per heavy atom. The Kier molecular flexibility index (Phi) is 6.09. The van der Waals surface area contributed by atoms with Gasteiger partial charge in [0.1, 0.15) is 11.3 Å². The Balaban J connectivity index is 1.87. The predicted octanol–water partition coefficient (Wildman–Crippen LogP) is 5.29. The van der Waals surface area contributed by atoms with Gasteiger partial charge < -0.3 is 18.4 Å². The molecule has 1 aliphatic carbocycles. The molecule has 0 N–H and O–H groups in total. The number of hydrogen-bond donors (Lipinski definition) is 0. The van der Waals surface area contributed by atoms with Crippen molar-refractivity contribution in [2.75, 3.05) is 7.11 Å². The molecule has 0 amide bonds. The van der Waals surface area contributed by atoms with Gasteiger partial charge in [-0.15, -0.1) is 0 Å². The van der Waals surface area contributed by atoms with Crippen LogP contribution in [0.4, 0.5) is 8.78 Å². The van der Waals surface area contributed by atoms with Crippen LogP contribution in [0.3, 0.4) is 0 Å². The van der Waals surface area contributed by atoms with E-state index in [0.29, 0.717) is 17.8 Å². The summed E-state index contributed by atoms with van der Waals surface area (Å²) in [6.45, 7) is 3.45. The number of halogens is 2. The molecule has 5 rings (SSSR count). The summed E-state index contributed by atoms with van der Waals surface area (Å²) in [5.41, 5.74) is 2.92. The van der Waals surface area contributed by atoms with Crippen molar-refractivity contribution in [1.29, 1.82) is 0 Å². The summed E-state index contributed by atoms with van der Waals surface area (Å²) in [5, 5.41) is 0. The number of fused-ring (bicyclic) bond motifs is 5. The summed E-state index contributed by atoms with van der Waals surface area (Å²) < 4.78 is 39.3. The molecule has 9 heteroatoms. The van der Waals surface area contributed by atoms with Gasteiger partial charge in [-0.2, -0.15) is 8.78 Å². The molecule has 1 unspecified atom stereocenters. The van der Waals surface area contributed by atoms with E-state index in [9.17, 15) is 18.4 Å². The molecule has 3 aromatic heterocycles. The zero-order valence-electron chi connectivity index (χ0n) is 21.0. The second-order valence-corrected chi connectivity index (χ2v) is 10.2. The number of ether oxygens (including phenoxy) is 2. The van der Waals surface area contributed by atoms with Crippen molar-refractivity contribution in [2.45, 2.75) is 46.3 Å². The molecule has 1 aromatic carbocycles. The maximum absolute atomic E-state index is 13.7. The molecular weight excluding hydrogens is 480 g/mol. The molecular formula is C28H27F2N3O4. The first-order valence-electron chi connectivity index (χ1n) is 11.9. The molecule has 37 heavy (non-hydrogen) atoms. The lowest BCUT2D eigenvalue weighted by Crippen LogP contribution is -2.34. The Morgan fingerprint density at radius 1 is 1.16 bits per heavy atom. The number of alkyl halides is 2. The number of benzene rings is 1. The van der Waals surface area contributed by atoms with Gasteiger partial charge in [0.2, 0.25) is 0 Å². The molecule has 0 saturated carbocycles. The quantitative estimate of drug-likeness (QED) is 0.344. The number of imidazole rings is 1. The van der Waals surface area contributed by atoms with Crippen LogP contribution in [0.1, 0.15) is 53.9 Å². The van der Waals surface area contributed by atoms with Gasteiger partial charge in [0.15, 0.2) is 11.4 Å². The fourth-order valence-corrected chi connectivity index (χ4v) is 5.13. The number of methoxy groups -OCH3 is 1. The SMILES string of the molecule is COC(=O)c1cc2c(n(Cc3ccccc3)c1=O)-c1nc3c(OC(F)F)cccn3c1CC2C(C)(C)C. The van der Waals surface area contributed by atoms with Crippen LogP contribution in [-0.4, -0.2) is 33.6 Å². The average molecular weight is 508 g/mol. The number of aromatic nitrogens is 3. The lowest BCUT2D eigenvalue weighted by Gasteiger charge is -2.36. The summed E-state index contributed by atoms with van der Waals surface area (Å²) in [4.78, 5) is 31.1. The Bertz CT molecular complexity index is 1550. The monoisotopic (exact) mass is 507 g/mol. The van der Waals surface area contributed by atoms with Crippen LogP contribution in [0.5, 0.6) is 5.75 Å². The Morgan fingerprint density at radius 2 is 1.89 bits per heavy atom. The highest BCUT2D eigenvalue weighted by Gasteiger charge is 2.39. The molecule has 1 aliphatic rings. The maximum Gasteiger partial charge on any atom is 0.387 e. The number of pyridine rings is 2. The number of hydrogen-bond acceptors (Lipinski definition) is 5. The first-order valence-corrected chi connectivity index (χ1v) is 11.9. The van der Waals surface area contributed by atoms with Gasteiger partial charge in [-0.25, -0.2) is 9.78 Å². The molecule has 1 atom stereocenters. The molecule has 4 aromatic rings. The lowest BCUT2D eigenvalue weighted by molar-refractivity contribution is -0.0491. The highest BCUT2D eigenvalue weighted by molar-refractivity contribution is 5.90. The number of rotatable bonds is 5. The molecule has 0 spiro atoms. The molecule has 7 nitrogen and oxygen atoms in total. The maximum atomic E-state index is 13.7. The lowest BCUT2D eigenvalue weighted by atomic mass is 9.70. The summed E-state index contributed by atoms with van der Waals surface area (Å²) in [7, 11) is 1.24. The first kappa shape index (κ1) is 24.7. The molecule has 0 radical (unpaired) electrons. The third kappa shape index (κ3) is 4.28. The van der Waals surface area contributed by atoms with Gasteiger partial charge in [-0.05, 0) is 47.1 Å². The van der Waals surface area contributed by atoms with E-state index in [0.717, 1.165) is 16.8 Å². The van der Waals surface area contributed by atoms with Crippen molar-refractivity contribution in [3.8, 4) is 17.1 Å². The van der Waals surface area contributed by atoms with E-state index in [1.165, 1.54) is 13.2 Å². The fraction of sp³-hybridized carbons (Fsp3) is 0.321. The molecule has 0 saturated heterocycles. The van der Waals surface area contributed by atoms with Crippen molar-refractivity contribution >= 4 is 11.6 Å². The van der Waals surface area contributed by atoms with E-state index in [1.807, 2.05) is 30.3 Å². The van der Waals surface area contributed by atoms with Crippen LogP contribution in [0, 0.1) is 5.41 Å². The standard InChI is InChI=1S/C28H27F2N3O4/c1-28(2,3)19-14-20-22(31-24-21(37-27(29)30)11-8-12-32(20)24)23-17(19)13-18(26(35)36-4)25(34)33(23)15-16-9-6-5-7-10-16/h5-13,19,27H,14-15H2,1-4H3. The summed E-state index contributed by atoms with van der Waals surface area (Å²) in [5.74, 6) is -0.875. The van der Waals surface area contributed by atoms with E-state index >= 15 is 0 Å². The van der Waals surface area contributed by atoms with Crippen molar-refractivity contribution in [3.63, 3.8) is 0 Å². The molecule has 0 bridgehead atoms. The summed E-state index contributed by atoms with van der Waals surface area (Å²) in [6.07, 6.45) is 2.28. The van der Waals surface area contributed by atoms with Crippen molar-refractivity contribution in [3.05, 3.63) is 87.5 Å². The van der Waals surface area contributed by atoms with E-state index in [-0.39, 0.29) is 34.8 Å². The van der Waals surface area contributed by atoms with Crippen LogP contribution in [0.15, 0.2) is 59.5 Å². The zero-order valence-corrected chi connectivity index (χ0v) is 21.0. The van der Waals surface area contributed by atoms with E-state index in [2.05, 4.69) is 20.8 Å². The molecule has 0 fully saturated rings. The number of carbonyl (C=O) groups excluding carboxylic acids is 1. The van der Waals surface area contributed by atoms with Crippen LogP contribution < -0.4 is 10.3 Å². The number of esters is 1. The number of nitrogens with zero attached hydrogens (tertiary/aromatic N) is 3. The minimum absolute atomic E-state index is 0.0519. The van der Waals surface area contributed by atoms with Crippen LogP contribution in [0.2, 0.25) is 0 Å². The van der Waals surface area contributed by atoms with Gasteiger partial charge in [-0.3, -0.25) is 4.79 Å². The predicted molar refractivity (Wildman–Crippen MR) is 134 cm³/mol. The molecule has 192 valence electrons. The smallest absolute Gasteiger partial charge is 0.387 e. The molecule has 0 aliphatic heterocycles. The Hall–Kier alpha value is -4.01. The van der Waals surface area contributed by atoms with Gasteiger partial charge in [-0.1, -0.05) is 51.1 Å². The number of carbonyl (C=O) groups is 1. The third-order valence-corrected chi connectivity index (χ3v) is 6.88. The molecule has 3 heterocycles.